The fourth-order valence-electron chi connectivity index (χ4n) is 2.87. The Balaban J connectivity index is 1.84. The summed E-state index contributed by atoms with van der Waals surface area (Å²) in [4.78, 5) is 12.7. The zero-order chi connectivity index (χ0) is 21.0. The van der Waals surface area contributed by atoms with Crippen molar-refractivity contribution in [3.63, 3.8) is 0 Å². The minimum atomic E-state index is -3.87. The van der Waals surface area contributed by atoms with Crippen LogP contribution in [0.5, 0.6) is 0 Å². The monoisotopic (exact) mass is 428 g/mol. The predicted octanol–water partition coefficient (Wildman–Crippen LogP) is 4.94. The van der Waals surface area contributed by atoms with Gasteiger partial charge in [-0.2, -0.15) is 0 Å². The van der Waals surface area contributed by atoms with Crippen LogP contribution in [-0.2, 0) is 10.0 Å². The molecule has 150 valence electrons. The number of aryl methyl sites for hydroxylation is 1. The van der Waals surface area contributed by atoms with Gasteiger partial charge in [0.15, 0.2) is 0 Å². The van der Waals surface area contributed by atoms with Gasteiger partial charge in [0.1, 0.15) is 0 Å². The highest BCUT2D eigenvalue weighted by atomic mass is 35.5. The van der Waals surface area contributed by atoms with Crippen LogP contribution in [0.15, 0.2) is 77.7 Å². The second-order valence-corrected chi connectivity index (χ2v) is 8.81. The third-order valence-corrected chi connectivity index (χ3v) is 6.12. The van der Waals surface area contributed by atoms with E-state index in [1.807, 2.05) is 50.2 Å². The molecule has 3 rings (SSSR count). The maximum Gasteiger partial charge on any atom is 0.261 e. The molecule has 0 spiro atoms. The van der Waals surface area contributed by atoms with Crippen molar-refractivity contribution >= 4 is 33.2 Å². The Morgan fingerprint density at radius 3 is 2.38 bits per heavy atom. The van der Waals surface area contributed by atoms with Crippen LogP contribution in [0.1, 0.15) is 34.5 Å². The first kappa shape index (κ1) is 20.9. The van der Waals surface area contributed by atoms with Gasteiger partial charge in [0.05, 0.1) is 21.5 Å². The molecule has 5 nitrogen and oxygen atoms in total. The molecular formula is C22H21ClN2O3S. The Labute approximate surface area is 175 Å². The largest absolute Gasteiger partial charge is 0.345 e. The number of hydrogen-bond acceptors (Lipinski definition) is 3. The first-order valence-corrected chi connectivity index (χ1v) is 10.9. The lowest BCUT2D eigenvalue weighted by Crippen LogP contribution is -2.27. The van der Waals surface area contributed by atoms with Gasteiger partial charge in [-0.3, -0.25) is 9.52 Å². The highest BCUT2D eigenvalue weighted by Gasteiger charge is 2.20. The molecule has 0 aromatic heterocycles. The molecule has 0 radical (unpaired) electrons. The first-order valence-electron chi connectivity index (χ1n) is 9.01. The molecular weight excluding hydrogens is 408 g/mol. The summed E-state index contributed by atoms with van der Waals surface area (Å²) in [6.45, 7) is 3.72. The normalized spacial score (nSPS) is 12.2. The second kappa shape index (κ2) is 8.68. The van der Waals surface area contributed by atoms with Crippen LogP contribution >= 0.6 is 11.6 Å². The summed E-state index contributed by atoms with van der Waals surface area (Å²) in [5.41, 5.74) is 2.41. The van der Waals surface area contributed by atoms with Crippen molar-refractivity contribution in [2.24, 2.45) is 0 Å². The van der Waals surface area contributed by atoms with Gasteiger partial charge in [0, 0.05) is 5.69 Å². The van der Waals surface area contributed by atoms with E-state index in [1.165, 1.54) is 18.2 Å². The molecule has 3 aromatic carbocycles. The summed E-state index contributed by atoms with van der Waals surface area (Å²) < 4.78 is 28.0. The molecule has 1 atom stereocenters. The van der Waals surface area contributed by atoms with Gasteiger partial charge >= 0.3 is 0 Å². The van der Waals surface area contributed by atoms with E-state index >= 15 is 0 Å². The summed E-state index contributed by atoms with van der Waals surface area (Å²) in [6, 6.07) is 20.3. The van der Waals surface area contributed by atoms with E-state index in [0.717, 1.165) is 11.1 Å². The van der Waals surface area contributed by atoms with Gasteiger partial charge in [0.2, 0.25) is 0 Å². The zero-order valence-electron chi connectivity index (χ0n) is 16.0. The standard InChI is InChI=1S/C22H21ClN2O3S/c1-15-7-6-10-18(13-15)25-29(27,28)19-11-12-21(23)20(14-19)22(26)24-16(2)17-8-4-3-5-9-17/h3-14,16,25H,1-2H3,(H,24,26). The number of carbonyl (C=O) groups excluding carboxylic acids is 1. The van der Waals surface area contributed by atoms with Crippen LogP contribution in [0, 0.1) is 6.92 Å². The zero-order valence-corrected chi connectivity index (χ0v) is 17.6. The van der Waals surface area contributed by atoms with Crippen molar-refractivity contribution < 1.29 is 13.2 Å². The SMILES string of the molecule is Cc1cccc(NS(=O)(=O)c2ccc(Cl)c(C(=O)NC(C)c3ccccc3)c2)c1. The van der Waals surface area contributed by atoms with Gasteiger partial charge in [-0.1, -0.05) is 54.1 Å². The third-order valence-electron chi connectivity index (χ3n) is 4.41. The molecule has 29 heavy (non-hydrogen) atoms. The van der Waals surface area contributed by atoms with Crippen LogP contribution in [0.4, 0.5) is 5.69 Å². The number of anilines is 1. The Bertz CT molecular complexity index is 1130. The highest BCUT2D eigenvalue weighted by molar-refractivity contribution is 7.92. The van der Waals surface area contributed by atoms with E-state index in [2.05, 4.69) is 10.0 Å². The minimum absolute atomic E-state index is 0.0408. The quantitative estimate of drug-likeness (QED) is 0.583. The Kier molecular flexibility index (Phi) is 6.25. The lowest BCUT2D eigenvalue weighted by molar-refractivity contribution is 0.0940. The van der Waals surface area contributed by atoms with Crippen molar-refractivity contribution in [2.45, 2.75) is 24.8 Å². The molecule has 0 saturated heterocycles. The number of rotatable bonds is 6. The van der Waals surface area contributed by atoms with Crippen LogP contribution in [0.2, 0.25) is 5.02 Å². The maximum absolute atomic E-state index is 12.8. The molecule has 0 saturated carbocycles. The molecule has 3 aromatic rings. The fraction of sp³-hybridized carbons (Fsp3) is 0.136. The van der Waals surface area contributed by atoms with E-state index in [9.17, 15) is 13.2 Å². The molecule has 1 amide bonds. The average molecular weight is 429 g/mol. The summed E-state index contributed by atoms with van der Waals surface area (Å²) in [7, 11) is -3.87. The average Bonchev–Trinajstić information content (AvgIpc) is 2.68. The second-order valence-electron chi connectivity index (χ2n) is 6.72. The van der Waals surface area contributed by atoms with Crippen molar-refractivity contribution in [2.75, 3.05) is 4.72 Å². The number of carbonyl (C=O) groups is 1. The van der Waals surface area contributed by atoms with Crippen molar-refractivity contribution in [3.05, 3.63) is 94.5 Å². The Hall–Kier alpha value is -2.83. The molecule has 7 heteroatoms. The number of sulfonamides is 1. The van der Waals surface area contributed by atoms with E-state index < -0.39 is 15.9 Å². The molecule has 0 aliphatic rings. The van der Waals surface area contributed by atoms with E-state index in [0.29, 0.717) is 5.69 Å². The summed E-state index contributed by atoms with van der Waals surface area (Å²) >= 11 is 6.18. The third kappa shape index (κ3) is 5.16. The topological polar surface area (TPSA) is 75.3 Å². The maximum atomic E-state index is 12.8. The van der Waals surface area contributed by atoms with Crippen LogP contribution < -0.4 is 10.0 Å². The number of benzene rings is 3. The van der Waals surface area contributed by atoms with Crippen LogP contribution in [0.3, 0.4) is 0 Å². The number of halogens is 1. The first-order chi connectivity index (χ1) is 13.8. The molecule has 0 aliphatic heterocycles. The van der Waals surface area contributed by atoms with Crippen LogP contribution in [-0.4, -0.2) is 14.3 Å². The predicted molar refractivity (Wildman–Crippen MR) is 116 cm³/mol. The Morgan fingerprint density at radius 1 is 0.966 bits per heavy atom. The molecule has 0 bridgehead atoms. The molecule has 0 fully saturated rings. The molecule has 1 unspecified atom stereocenters. The van der Waals surface area contributed by atoms with Gasteiger partial charge in [-0.25, -0.2) is 8.42 Å². The number of nitrogens with one attached hydrogen (secondary N) is 2. The Morgan fingerprint density at radius 2 is 1.69 bits per heavy atom. The molecule has 0 heterocycles. The molecule has 0 aliphatic carbocycles. The smallest absolute Gasteiger partial charge is 0.261 e. The fourth-order valence-corrected chi connectivity index (χ4v) is 4.15. The van der Waals surface area contributed by atoms with Gasteiger partial charge in [-0.15, -0.1) is 0 Å². The van der Waals surface area contributed by atoms with Gasteiger partial charge < -0.3 is 5.32 Å². The lowest BCUT2D eigenvalue weighted by atomic mass is 10.1. The lowest BCUT2D eigenvalue weighted by Gasteiger charge is -2.16. The number of hydrogen-bond donors (Lipinski definition) is 2. The van der Waals surface area contributed by atoms with Gasteiger partial charge in [-0.05, 0) is 55.3 Å². The minimum Gasteiger partial charge on any atom is -0.345 e. The highest BCUT2D eigenvalue weighted by Crippen LogP contribution is 2.24. The number of amides is 1. The summed E-state index contributed by atoms with van der Waals surface area (Å²) in [5, 5.41) is 3.03. The summed E-state index contributed by atoms with van der Waals surface area (Å²) in [6.07, 6.45) is 0. The van der Waals surface area contributed by atoms with Crippen LogP contribution in [0.25, 0.3) is 0 Å². The van der Waals surface area contributed by atoms with E-state index in [4.69, 9.17) is 11.6 Å². The van der Waals surface area contributed by atoms with Gasteiger partial charge in [0.25, 0.3) is 15.9 Å². The summed E-state index contributed by atoms with van der Waals surface area (Å²) in [5.74, 6) is -0.445. The van der Waals surface area contributed by atoms with Crippen molar-refractivity contribution in [1.29, 1.82) is 0 Å². The van der Waals surface area contributed by atoms with Crippen molar-refractivity contribution in [3.8, 4) is 0 Å². The van der Waals surface area contributed by atoms with Crippen molar-refractivity contribution in [1.82, 2.24) is 5.32 Å². The molecule has 2 N–H and O–H groups in total. The van der Waals surface area contributed by atoms with E-state index in [1.54, 1.807) is 18.2 Å². The van der Waals surface area contributed by atoms with E-state index in [-0.39, 0.29) is 21.5 Å².